The molecule has 20 heavy (non-hydrogen) atoms. The van der Waals surface area contributed by atoms with Crippen LogP contribution in [0.15, 0.2) is 18.2 Å². The lowest BCUT2D eigenvalue weighted by Gasteiger charge is -2.16. The average molecular weight is 280 g/mol. The number of benzene rings is 1. The van der Waals surface area contributed by atoms with E-state index < -0.39 is 4.92 Å². The van der Waals surface area contributed by atoms with Crippen molar-refractivity contribution in [1.82, 2.24) is 10.2 Å². The van der Waals surface area contributed by atoms with Crippen molar-refractivity contribution in [3.63, 3.8) is 0 Å². The molecule has 7 heteroatoms. The molecule has 0 atom stereocenters. The van der Waals surface area contributed by atoms with Crippen molar-refractivity contribution >= 4 is 17.3 Å². The molecule has 0 bridgehead atoms. The number of nitrogens with one attached hydrogen (secondary N) is 2. The van der Waals surface area contributed by atoms with E-state index in [1.54, 1.807) is 19.2 Å². The number of nitrogens with zero attached hydrogens (tertiary/aromatic N) is 2. The summed E-state index contributed by atoms with van der Waals surface area (Å²) in [5.74, 6) is -0.0363. The van der Waals surface area contributed by atoms with Gasteiger partial charge in [-0.2, -0.15) is 0 Å². The summed E-state index contributed by atoms with van der Waals surface area (Å²) < 4.78 is 0. The van der Waals surface area contributed by atoms with Gasteiger partial charge in [-0.05, 0) is 25.6 Å². The zero-order chi connectivity index (χ0) is 15.1. The Balaban J connectivity index is 2.73. The van der Waals surface area contributed by atoms with Gasteiger partial charge in [0.05, 0.1) is 11.5 Å². The summed E-state index contributed by atoms with van der Waals surface area (Å²) in [7, 11) is 3.47. The van der Waals surface area contributed by atoms with E-state index in [-0.39, 0.29) is 11.6 Å². The van der Waals surface area contributed by atoms with Gasteiger partial charge in [0.15, 0.2) is 0 Å². The standard InChI is InChI=1S/C13H20N4O3/c1-4-15-13(18)9-16(3)8-10-5-6-12(17(19)20)11(7-10)14-2/h5-7,14H,4,8-9H2,1-3H3,(H,15,18). The number of rotatable bonds is 7. The second-order valence-corrected chi connectivity index (χ2v) is 4.48. The molecule has 1 amide bonds. The maximum Gasteiger partial charge on any atom is 0.292 e. The van der Waals surface area contributed by atoms with Crippen LogP contribution in [0.5, 0.6) is 0 Å². The van der Waals surface area contributed by atoms with Gasteiger partial charge < -0.3 is 10.6 Å². The van der Waals surface area contributed by atoms with Gasteiger partial charge in [0.25, 0.3) is 5.69 Å². The monoisotopic (exact) mass is 280 g/mol. The number of carbonyl (C=O) groups excluding carboxylic acids is 1. The molecule has 0 aliphatic rings. The zero-order valence-corrected chi connectivity index (χ0v) is 12.0. The maximum atomic E-state index is 11.5. The Hall–Kier alpha value is -2.15. The first-order chi connectivity index (χ1) is 9.47. The molecule has 0 radical (unpaired) electrons. The second-order valence-electron chi connectivity index (χ2n) is 4.48. The maximum absolute atomic E-state index is 11.5. The Bertz CT molecular complexity index is 491. The Labute approximate surface area is 118 Å². The van der Waals surface area contributed by atoms with Crippen LogP contribution in [0.25, 0.3) is 0 Å². The van der Waals surface area contributed by atoms with Crippen molar-refractivity contribution in [3.05, 3.63) is 33.9 Å². The summed E-state index contributed by atoms with van der Waals surface area (Å²) in [5.41, 5.74) is 1.42. The molecule has 0 aliphatic heterocycles. The molecular formula is C13H20N4O3. The van der Waals surface area contributed by atoms with Crippen LogP contribution in [0.4, 0.5) is 11.4 Å². The molecule has 0 aromatic heterocycles. The van der Waals surface area contributed by atoms with E-state index in [0.717, 1.165) is 5.56 Å². The molecule has 0 saturated heterocycles. The fourth-order valence-electron chi connectivity index (χ4n) is 1.91. The third-order valence-corrected chi connectivity index (χ3v) is 2.77. The number of anilines is 1. The van der Waals surface area contributed by atoms with Crippen LogP contribution in [-0.4, -0.2) is 42.9 Å². The highest BCUT2D eigenvalue weighted by Crippen LogP contribution is 2.25. The van der Waals surface area contributed by atoms with Crippen LogP contribution in [0.1, 0.15) is 12.5 Å². The minimum absolute atomic E-state index is 0.0363. The number of hydrogen-bond acceptors (Lipinski definition) is 5. The lowest BCUT2D eigenvalue weighted by atomic mass is 10.1. The van der Waals surface area contributed by atoms with Crippen LogP contribution >= 0.6 is 0 Å². The van der Waals surface area contributed by atoms with E-state index >= 15 is 0 Å². The van der Waals surface area contributed by atoms with Crippen molar-refractivity contribution < 1.29 is 9.72 Å². The Morgan fingerprint density at radius 1 is 1.45 bits per heavy atom. The van der Waals surface area contributed by atoms with Crippen molar-refractivity contribution in [2.24, 2.45) is 0 Å². The van der Waals surface area contributed by atoms with Crippen LogP contribution < -0.4 is 10.6 Å². The van der Waals surface area contributed by atoms with Crippen molar-refractivity contribution in [2.45, 2.75) is 13.5 Å². The molecule has 0 unspecified atom stereocenters. The van der Waals surface area contributed by atoms with E-state index in [9.17, 15) is 14.9 Å². The summed E-state index contributed by atoms with van der Waals surface area (Å²) in [6.07, 6.45) is 0. The van der Waals surface area contributed by atoms with Crippen LogP contribution in [-0.2, 0) is 11.3 Å². The molecular weight excluding hydrogens is 260 g/mol. The van der Waals surface area contributed by atoms with Crippen LogP contribution in [0, 0.1) is 10.1 Å². The van der Waals surface area contributed by atoms with Gasteiger partial charge in [0, 0.05) is 26.2 Å². The van der Waals surface area contributed by atoms with E-state index in [2.05, 4.69) is 10.6 Å². The normalized spacial score (nSPS) is 10.4. The molecule has 0 fully saturated rings. The Kier molecular flexibility index (Phi) is 5.92. The van der Waals surface area contributed by atoms with Gasteiger partial charge in [0.2, 0.25) is 5.91 Å². The zero-order valence-electron chi connectivity index (χ0n) is 12.0. The largest absolute Gasteiger partial charge is 0.383 e. The number of hydrogen-bond donors (Lipinski definition) is 2. The van der Waals surface area contributed by atoms with Gasteiger partial charge in [-0.25, -0.2) is 0 Å². The van der Waals surface area contributed by atoms with Crippen molar-refractivity contribution in [2.75, 3.05) is 32.5 Å². The summed E-state index contributed by atoms with van der Waals surface area (Å²) >= 11 is 0. The lowest BCUT2D eigenvalue weighted by Crippen LogP contribution is -2.34. The molecule has 110 valence electrons. The first kappa shape index (κ1) is 15.9. The lowest BCUT2D eigenvalue weighted by molar-refractivity contribution is -0.384. The summed E-state index contributed by atoms with van der Waals surface area (Å²) in [6.45, 7) is 3.31. The first-order valence-corrected chi connectivity index (χ1v) is 6.38. The second kappa shape index (κ2) is 7.44. The van der Waals surface area contributed by atoms with Crippen molar-refractivity contribution in [3.8, 4) is 0 Å². The summed E-state index contributed by atoms with van der Waals surface area (Å²) in [4.78, 5) is 23.7. The SMILES string of the molecule is CCNC(=O)CN(C)Cc1ccc([N+](=O)[O-])c(NC)c1. The topological polar surface area (TPSA) is 87.5 Å². The number of likely N-dealkylation sites (N-methyl/N-ethyl adjacent to an activating group) is 2. The molecule has 1 aromatic carbocycles. The summed E-state index contributed by atoms with van der Waals surface area (Å²) in [5, 5.41) is 16.4. The number of nitro groups is 1. The van der Waals surface area contributed by atoms with E-state index in [4.69, 9.17) is 0 Å². The highest BCUT2D eigenvalue weighted by Gasteiger charge is 2.14. The molecule has 2 N–H and O–H groups in total. The molecule has 0 aliphatic carbocycles. The quantitative estimate of drug-likeness (QED) is 0.579. The predicted molar refractivity (Wildman–Crippen MR) is 77.7 cm³/mol. The molecule has 1 rings (SSSR count). The average Bonchev–Trinajstić information content (AvgIpc) is 2.38. The molecule has 0 saturated carbocycles. The minimum Gasteiger partial charge on any atom is -0.383 e. The van der Waals surface area contributed by atoms with Gasteiger partial charge in [-0.15, -0.1) is 0 Å². The molecule has 0 spiro atoms. The third-order valence-electron chi connectivity index (χ3n) is 2.77. The molecule has 1 aromatic rings. The summed E-state index contributed by atoms with van der Waals surface area (Å²) in [6, 6.07) is 4.90. The van der Waals surface area contributed by atoms with Crippen LogP contribution in [0.2, 0.25) is 0 Å². The van der Waals surface area contributed by atoms with Crippen molar-refractivity contribution in [1.29, 1.82) is 0 Å². The Morgan fingerprint density at radius 3 is 2.70 bits per heavy atom. The minimum atomic E-state index is -0.423. The van der Waals surface area contributed by atoms with E-state index in [0.29, 0.717) is 25.3 Å². The number of nitro benzene ring substituents is 1. The highest BCUT2D eigenvalue weighted by molar-refractivity contribution is 5.77. The smallest absolute Gasteiger partial charge is 0.292 e. The first-order valence-electron chi connectivity index (χ1n) is 6.38. The fourth-order valence-corrected chi connectivity index (χ4v) is 1.91. The van der Waals surface area contributed by atoms with Gasteiger partial charge >= 0.3 is 0 Å². The predicted octanol–water partition coefficient (Wildman–Crippen LogP) is 1.20. The highest BCUT2D eigenvalue weighted by atomic mass is 16.6. The molecule has 0 heterocycles. The number of carbonyl (C=O) groups is 1. The third kappa shape index (κ3) is 4.51. The van der Waals surface area contributed by atoms with E-state index in [1.807, 2.05) is 18.9 Å². The fraction of sp³-hybridized carbons (Fsp3) is 0.462. The van der Waals surface area contributed by atoms with Gasteiger partial charge in [-0.3, -0.25) is 19.8 Å². The van der Waals surface area contributed by atoms with E-state index in [1.165, 1.54) is 6.07 Å². The molecule has 7 nitrogen and oxygen atoms in total. The van der Waals surface area contributed by atoms with Crippen LogP contribution in [0.3, 0.4) is 0 Å². The van der Waals surface area contributed by atoms with Gasteiger partial charge in [-0.1, -0.05) is 6.07 Å². The van der Waals surface area contributed by atoms with Gasteiger partial charge in [0.1, 0.15) is 5.69 Å². The Morgan fingerprint density at radius 2 is 2.15 bits per heavy atom. The number of amides is 1.